The number of benzene rings is 3. The van der Waals surface area contributed by atoms with Crippen LogP contribution in [0.5, 0.6) is 5.75 Å². The molecule has 214 valence electrons. The van der Waals surface area contributed by atoms with Crippen molar-refractivity contribution in [3.8, 4) is 16.9 Å². The minimum absolute atomic E-state index is 0.00277. The molecular weight excluding hydrogens is 555 g/mol. The predicted molar refractivity (Wildman–Crippen MR) is 134 cm³/mol. The van der Waals surface area contributed by atoms with Crippen molar-refractivity contribution in [2.45, 2.75) is 62.4 Å². The summed E-state index contributed by atoms with van der Waals surface area (Å²) in [5.74, 6) is -3.15. The van der Waals surface area contributed by atoms with E-state index in [4.69, 9.17) is 0 Å². The van der Waals surface area contributed by atoms with Gasteiger partial charge in [-0.3, -0.25) is 0 Å². The normalized spacial score (nSPS) is 20.3. The molecule has 11 heteroatoms. The minimum Gasteiger partial charge on any atom is -0.429 e. The molecule has 0 heterocycles. The maximum atomic E-state index is 14.7. The quantitative estimate of drug-likeness (QED) is 0.240. The Kier molecular flexibility index (Phi) is 7.24. The van der Waals surface area contributed by atoms with Gasteiger partial charge in [-0.2, -0.15) is 8.78 Å². The number of halogens is 9. The molecule has 1 saturated carbocycles. The molecule has 1 fully saturated rings. The lowest BCUT2D eigenvalue weighted by atomic mass is 9.77. The Morgan fingerprint density at radius 1 is 0.769 bits per heavy atom. The third-order valence-corrected chi connectivity index (χ3v) is 8.27. The molecule has 0 N–H and O–H groups in total. The van der Waals surface area contributed by atoms with Crippen LogP contribution in [0, 0.1) is 17.6 Å². The largest absolute Gasteiger partial charge is 0.432 e. The van der Waals surface area contributed by atoms with Crippen LogP contribution in [0.2, 0.25) is 0 Å². The number of alkyl halides is 2. The van der Waals surface area contributed by atoms with Crippen molar-refractivity contribution in [2.75, 3.05) is 0 Å². The first-order valence-corrected chi connectivity index (χ1v) is 14.4. The van der Waals surface area contributed by atoms with Crippen molar-refractivity contribution in [2.24, 2.45) is 5.92 Å². The molecule has 0 aromatic heterocycles. The molecule has 0 atom stereocenters. The van der Waals surface area contributed by atoms with Gasteiger partial charge in [0.25, 0.3) is 0 Å². The first-order chi connectivity index (χ1) is 18.0. The fourth-order valence-electron chi connectivity index (χ4n) is 5.12. The topological polar surface area (TPSA) is 9.23 Å². The second-order valence-electron chi connectivity index (χ2n) is 10.0. The molecule has 1 aliphatic rings. The first-order valence-electron chi connectivity index (χ1n) is 12.5. The molecule has 39 heavy (non-hydrogen) atoms. The second-order valence-corrected chi connectivity index (χ2v) is 12.4. The fourth-order valence-corrected chi connectivity index (χ4v) is 5.77. The average molecular weight is 583 g/mol. The summed E-state index contributed by atoms with van der Waals surface area (Å²) in [5, 5.41) is 0. The van der Waals surface area contributed by atoms with Crippen LogP contribution >= 0.6 is 10.2 Å². The van der Waals surface area contributed by atoms with E-state index in [9.17, 15) is 37.0 Å². The third kappa shape index (κ3) is 6.85. The van der Waals surface area contributed by atoms with Crippen molar-refractivity contribution in [1.29, 1.82) is 0 Å². The second kappa shape index (κ2) is 9.67. The molecule has 3 aromatic carbocycles. The van der Waals surface area contributed by atoms with Crippen LogP contribution < -0.4 is 4.74 Å². The van der Waals surface area contributed by atoms with Crippen LogP contribution in [-0.2, 0) is 6.11 Å². The molecular formula is C28H27F9OS. The van der Waals surface area contributed by atoms with Gasteiger partial charge in [-0.25, -0.2) is 8.78 Å². The zero-order valence-corrected chi connectivity index (χ0v) is 21.7. The Balaban J connectivity index is 1.51. The highest BCUT2D eigenvalue weighted by atomic mass is 32.5. The number of rotatable bonds is 8. The van der Waals surface area contributed by atoms with Gasteiger partial charge in [0.15, 0.2) is 0 Å². The Bertz CT molecular complexity index is 1290. The number of hydrogen-bond donors (Lipinski definition) is 0. The van der Waals surface area contributed by atoms with Crippen LogP contribution in [-0.4, -0.2) is 0 Å². The van der Waals surface area contributed by atoms with Crippen LogP contribution in [0.25, 0.3) is 11.1 Å². The van der Waals surface area contributed by atoms with Crippen LogP contribution in [0.3, 0.4) is 0 Å². The summed E-state index contributed by atoms with van der Waals surface area (Å²) < 4.78 is 127. The van der Waals surface area contributed by atoms with Gasteiger partial charge in [0.1, 0.15) is 27.8 Å². The van der Waals surface area contributed by atoms with Gasteiger partial charge >= 0.3 is 16.3 Å². The van der Waals surface area contributed by atoms with Gasteiger partial charge in [-0.15, -0.1) is 0 Å². The summed E-state index contributed by atoms with van der Waals surface area (Å²) in [6, 6.07) is 8.64. The summed E-state index contributed by atoms with van der Waals surface area (Å²) in [4.78, 5) is -2.32. The Labute approximate surface area is 220 Å². The molecule has 0 bridgehead atoms. The highest BCUT2D eigenvalue weighted by Crippen LogP contribution is 3.02. The van der Waals surface area contributed by atoms with E-state index in [1.54, 1.807) is 12.1 Å². The molecule has 0 radical (unpaired) electrons. The van der Waals surface area contributed by atoms with Crippen molar-refractivity contribution < 1.29 is 41.7 Å². The molecule has 0 saturated heterocycles. The third-order valence-electron chi connectivity index (χ3n) is 7.11. The standard InChI is InChI=1S/C28H27F9OS/c1-2-3-18-4-6-19(7-5-18)20-8-10-21(11-9-20)22-16-25(29)27(26(30)17-22)28(31,32)38-23-12-14-24(15-13-23)39(33,34,35,36)37/h8-19H,2-7H2,1H3. The summed E-state index contributed by atoms with van der Waals surface area (Å²) >= 11 is 0. The van der Waals surface area contributed by atoms with Gasteiger partial charge in [0.05, 0.1) is 0 Å². The zero-order chi connectivity index (χ0) is 28.7. The summed E-state index contributed by atoms with van der Waals surface area (Å²) in [7, 11) is -10.0. The maximum absolute atomic E-state index is 14.7. The van der Waals surface area contributed by atoms with Crippen molar-refractivity contribution >= 4 is 10.2 Å². The lowest BCUT2D eigenvalue weighted by Gasteiger charge is -2.40. The van der Waals surface area contributed by atoms with E-state index in [2.05, 4.69) is 11.7 Å². The van der Waals surface area contributed by atoms with E-state index < -0.39 is 44.2 Å². The van der Waals surface area contributed by atoms with Gasteiger partial charge < -0.3 is 4.74 Å². The SMILES string of the molecule is CCCC1CCC(c2ccc(-c3cc(F)c(C(F)(F)Oc4ccc(S(F)(F)(F)(F)F)cc4)c(F)c3)cc2)CC1. The summed E-state index contributed by atoms with van der Waals surface area (Å²) in [6.07, 6.45) is 2.13. The predicted octanol–water partition coefficient (Wildman–Crippen LogP) is 11.5. The highest BCUT2D eigenvalue weighted by Gasteiger charge is 2.65. The maximum Gasteiger partial charge on any atom is 0.432 e. The van der Waals surface area contributed by atoms with Gasteiger partial charge in [0, 0.05) is 0 Å². The smallest absolute Gasteiger partial charge is 0.429 e. The van der Waals surface area contributed by atoms with E-state index in [1.807, 2.05) is 12.1 Å². The number of ether oxygens (including phenoxy) is 1. The Morgan fingerprint density at radius 2 is 1.31 bits per heavy atom. The van der Waals surface area contributed by atoms with Gasteiger partial charge in [-0.1, -0.05) is 63.5 Å². The van der Waals surface area contributed by atoms with Crippen molar-refractivity contribution in [3.05, 3.63) is 83.4 Å². The zero-order valence-electron chi connectivity index (χ0n) is 20.9. The van der Waals surface area contributed by atoms with E-state index >= 15 is 0 Å². The van der Waals surface area contributed by atoms with Crippen molar-refractivity contribution in [1.82, 2.24) is 0 Å². The van der Waals surface area contributed by atoms with Crippen molar-refractivity contribution in [3.63, 3.8) is 0 Å². The van der Waals surface area contributed by atoms with Crippen LogP contribution in [0.1, 0.15) is 62.5 Å². The molecule has 1 aliphatic carbocycles. The van der Waals surface area contributed by atoms with Crippen LogP contribution in [0.15, 0.2) is 65.6 Å². The van der Waals surface area contributed by atoms with E-state index in [0.717, 1.165) is 43.6 Å². The van der Waals surface area contributed by atoms with Crippen LogP contribution in [0.4, 0.5) is 37.0 Å². The van der Waals surface area contributed by atoms with E-state index in [-0.39, 0.29) is 29.8 Å². The summed E-state index contributed by atoms with van der Waals surface area (Å²) in [5.41, 5.74) is -0.257. The average Bonchev–Trinajstić information content (AvgIpc) is 2.83. The van der Waals surface area contributed by atoms with E-state index in [1.165, 1.54) is 6.42 Å². The summed E-state index contributed by atoms with van der Waals surface area (Å²) in [6.45, 7) is 2.17. The van der Waals surface area contributed by atoms with Gasteiger partial charge in [0.2, 0.25) is 0 Å². The Hall–Kier alpha value is -2.82. The fraction of sp³-hybridized carbons (Fsp3) is 0.357. The number of hydrogen-bond acceptors (Lipinski definition) is 1. The molecule has 0 aliphatic heterocycles. The molecule has 0 spiro atoms. The molecule has 0 unspecified atom stereocenters. The monoisotopic (exact) mass is 582 g/mol. The van der Waals surface area contributed by atoms with E-state index in [0.29, 0.717) is 23.6 Å². The van der Waals surface area contributed by atoms with Gasteiger partial charge in [-0.05, 0) is 90.6 Å². The lowest BCUT2D eigenvalue weighted by Crippen LogP contribution is -2.25. The lowest BCUT2D eigenvalue weighted by molar-refractivity contribution is -0.189. The first kappa shape index (κ1) is 29.2. The molecule has 3 aromatic rings. The Morgan fingerprint density at radius 3 is 1.79 bits per heavy atom. The highest BCUT2D eigenvalue weighted by molar-refractivity contribution is 8.45. The molecule has 1 nitrogen and oxygen atoms in total. The molecule has 0 amide bonds. The minimum atomic E-state index is -10.0. The molecule has 4 rings (SSSR count).